The molecule has 2 N–H and O–H groups in total. The van der Waals surface area contributed by atoms with Gasteiger partial charge in [-0.2, -0.15) is 0 Å². The third-order valence-corrected chi connectivity index (χ3v) is 4.56. The zero-order valence-electron chi connectivity index (χ0n) is 12.0. The Morgan fingerprint density at radius 1 is 1.22 bits per heavy atom. The average molecular weight is 256 g/mol. The lowest BCUT2D eigenvalue weighted by molar-refractivity contribution is -0.00461. The van der Waals surface area contributed by atoms with Crippen LogP contribution in [0.5, 0.6) is 0 Å². The molecular weight excluding hydrogens is 228 g/mol. The Kier molecular flexibility index (Phi) is 4.64. The fraction of sp³-hybridized carbons (Fsp3) is 1.00. The summed E-state index contributed by atoms with van der Waals surface area (Å²) in [6.07, 6.45) is 5.30. The summed E-state index contributed by atoms with van der Waals surface area (Å²) in [5, 5.41) is 0. The van der Waals surface area contributed by atoms with E-state index in [0.29, 0.717) is 0 Å². The van der Waals surface area contributed by atoms with Crippen LogP contribution in [0, 0.1) is 5.92 Å². The van der Waals surface area contributed by atoms with Crippen LogP contribution in [0.4, 0.5) is 0 Å². The van der Waals surface area contributed by atoms with Crippen molar-refractivity contribution in [2.75, 3.05) is 33.9 Å². The van der Waals surface area contributed by atoms with E-state index in [1.54, 1.807) is 14.2 Å². The SMILES string of the molecule is COC1CN(CC2(N)CCCC(C)C2)CC1OC. The smallest absolute Gasteiger partial charge is 0.0971 e. The first-order valence-corrected chi connectivity index (χ1v) is 7.13. The maximum Gasteiger partial charge on any atom is 0.0971 e. The van der Waals surface area contributed by atoms with E-state index in [9.17, 15) is 0 Å². The first kappa shape index (κ1) is 14.3. The van der Waals surface area contributed by atoms with E-state index in [1.807, 2.05) is 0 Å². The maximum atomic E-state index is 6.58. The van der Waals surface area contributed by atoms with Crippen molar-refractivity contribution >= 4 is 0 Å². The number of hydrogen-bond acceptors (Lipinski definition) is 4. The highest BCUT2D eigenvalue weighted by Crippen LogP contribution is 2.32. The molecule has 0 aromatic rings. The Morgan fingerprint density at radius 2 is 1.83 bits per heavy atom. The maximum absolute atomic E-state index is 6.58. The molecule has 1 aliphatic heterocycles. The molecule has 1 heterocycles. The third kappa shape index (κ3) is 3.23. The van der Waals surface area contributed by atoms with E-state index in [-0.39, 0.29) is 17.7 Å². The van der Waals surface area contributed by atoms with Gasteiger partial charge >= 0.3 is 0 Å². The van der Waals surface area contributed by atoms with Crippen LogP contribution < -0.4 is 5.73 Å². The predicted octanol–water partition coefficient (Wildman–Crippen LogP) is 1.24. The molecule has 0 spiro atoms. The predicted molar refractivity (Wildman–Crippen MR) is 72.6 cm³/mol. The van der Waals surface area contributed by atoms with Crippen molar-refractivity contribution in [1.29, 1.82) is 0 Å². The molecule has 0 radical (unpaired) electrons. The van der Waals surface area contributed by atoms with Crippen LogP contribution in [-0.4, -0.2) is 56.5 Å². The number of nitrogens with zero attached hydrogens (tertiary/aromatic N) is 1. The normalized spacial score (nSPS) is 42.3. The van der Waals surface area contributed by atoms with Gasteiger partial charge in [0.25, 0.3) is 0 Å². The van der Waals surface area contributed by atoms with E-state index in [4.69, 9.17) is 15.2 Å². The average Bonchev–Trinajstić information content (AvgIpc) is 2.70. The fourth-order valence-electron chi connectivity index (χ4n) is 3.69. The molecule has 0 amide bonds. The van der Waals surface area contributed by atoms with E-state index < -0.39 is 0 Å². The van der Waals surface area contributed by atoms with Gasteiger partial charge in [0.1, 0.15) is 0 Å². The molecule has 0 aromatic carbocycles. The number of nitrogens with two attached hydrogens (primary N) is 1. The second-order valence-electron chi connectivity index (χ2n) is 6.31. The molecule has 1 saturated carbocycles. The molecule has 1 saturated heterocycles. The monoisotopic (exact) mass is 256 g/mol. The third-order valence-electron chi connectivity index (χ3n) is 4.56. The minimum absolute atomic E-state index is 0.00140. The molecule has 4 unspecified atom stereocenters. The molecule has 4 heteroatoms. The Bertz CT molecular complexity index is 263. The molecule has 18 heavy (non-hydrogen) atoms. The molecule has 1 aliphatic carbocycles. The lowest BCUT2D eigenvalue weighted by atomic mass is 9.77. The van der Waals surface area contributed by atoms with Gasteiger partial charge in [0, 0.05) is 39.4 Å². The number of ether oxygens (including phenoxy) is 2. The minimum atomic E-state index is -0.00140. The van der Waals surface area contributed by atoms with Gasteiger partial charge in [0.2, 0.25) is 0 Å². The summed E-state index contributed by atoms with van der Waals surface area (Å²) in [4.78, 5) is 2.42. The molecule has 2 aliphatic rings. The number of rotatable bonds is 4. The van der Waals surface area contributed by atoms with Gasteiger partial charge in [-0.1, -0.05) is 19.8 Å². The Labute approximate surface area is 111 Å². The summed E-state index contributed by atoms with van der Waals surface area (Å²) >= 11 is 0. The molecule has 4 atom stereocenters. The highest BCUT2D eigenvalue weighted by atomic mass is 16.5. The van der Waals surface area contributed by atoms with Crippen LogP contribution in [0.25, 0.3) is 0 Å². The first-order valence-electron chi connectivity index (χ1n) is 7.13. The van der Waals surface area contributed by atoms with Crippen molar-refractivity contribution in [1.82, 2.24) is 4.90 Å². The summed E-state index contributed by atoms with van der Waals surface area (Å²) in [5.41, 5.74) is 6.58. The van der Waals surface area contributed by atoms with E-state index in [0.717, 1.165) is 38.4 Å². The lowest BCUT2D eigenvalue weighted by Gasteiger charge is -2.39. The van der Waals surface area contributed by atoms with Crippen LogP contribution in [0.3, 0.4) is 0 Å². The van der Waals surface area contributed by atoms with Gasteiger partial charge < -0.3 is 15.2 Å². The fourth-order valence-corrected chi connectivity index (χ4v) is 3.69. The lowest BCUT2D eigenvalue weighted by Crippen LogP contribution is -2.52. The van der Waals surface area contributed by atoms with E-state index in [2.05, 4.69) is 11.8 Å². The Hall–Kier alpha value is -0.160. The van der Waals surface area contributed by atoms with Crippen molar-refractivity contribution in [2.24, 2.45) is 11.7 Å². The zero-order valence-corrected chi connectivity index (χ0v) is 12.0. The second kappa shape index (κ2) is 5.87. The topological polar surface area (TPSA) is 47.7 Å². The summed E-state index contributed by atoms with van der Waals surface area (Å²) in [6.45, 7) is 5.20. The molecule has 2 fully saturated rings. The Morgan fingerprint density at radius 3 is 2.33 bits per heavy atom. The van der Waals surface area contributed by atoms with Crippen molar-refractivity contribution < 1.29 is 9.47 Å². The molecule has 2 rings (SSSR count). The van der Waals surface area contributed by atoms with Crippen molar-refractivity contribution in [3.05, 3.63) is 0 Å². The zero-order chi connectivity index (χ0) is 13.2. The molecule has 4 nitrogen and oxygen atoms in total. The van der Waals surface area contributed by atoms with E-state index in [1.165, 1.54) is 12.8 Å². The highest BCUT2D eigenvalue weighted by molar-refractivity contribution is 4.96. The molecule has 0 bridgehead atoms. The van der Waals surface area contributed by atoms with Crippen LogP contribution in [0.2, 0.25) is 0 Å². The quantitative estimate of drug-likeness (QED) is 0.822. The first-order chi connectivity index (χ1) is 8.56. The van der Waals surface area contributed by atoms with Crippen LogP contribution in [0.15, 0.2) is 0 Å². The van der Waals surface area contributed by atoms with Gasteiger partial charge in [-0.3, -0.25) is 4.90 Å². The highest BCUT2D eigenvalue weighted by Gasteiger charge is 2.38. The van der Waals surface area contributed by atoms with Gasteiger partial charge in [0.15, 0.2) is 0 Å². The number of hydrogen-bond donors (Lipinski definition) is 1. The summed E-state index contributed by atoms with van der Waals surface area (Å²) in [6, 6.07) is 0. The van der Waals surface area contributed by atoms with Crippen LogP contribution in [0.1, 0.15) is 32.6 Å². The van der Waals surface area contributed by atoms with E-state index >= 15 is 0 Å². The molecular formula is C14H28N2O2. The second-order valence-corrected chi connectivity index (χ2v) is 6.31. The Balaban J connectivity index is 1.90. The van der Waals surface area contributed by atoms with Gasteiger partial charge in [-0.05, 0) is 18.8 Å². The summed E-state index contributed by atoms with van der Waals surface area (Å²) in [5.74, 6) is 0.766. The number of methoxy groups -OCH3 is 2. The summed E-state index contributed by atoms with van der Waals surface area (Å²) in [7, 11) is 3.53. The minimum Gasteiger partial charge on any atom is -0.377 e. The van der Waals surface area contributed by atoms with Gasteiger partial charge in [-0.15, -0.1) is 0 Å². The van der Waals surface area contributed by atoms with Crippen molar-refractivity contribution in [3.63, 3.8) is 0 Å². The van der Waals surface area contributed by atoms with Crippen molar-refractivity contribution in [3.8, 4) is 0 Å². The molecule has 106 valence electrons. The summed E-state index contributed by atoms with van der Waals surface area (Å²) < 4.78 is 11.0. The number of likely N-dealkylation sites (tertiary alicyclic amines) is 1. The van der Waals surface area contributed by atoms with Crippen LogP contribution in [-0.2, 0) is 9.47 Å². The van der Waals surface area contributed by atoms with Crippen LogP contribution >= 0.6 is 0 Å². The largest absolute Gasteiger partial charge is 0.377 e. The van der Waals surface area contributed by atoms with Crippen molar-refractivity contribution in [2.45, 2.75) is 50.4 Å². The standard InChI is InChI=1S/C14H28N2O2/c1-11-5-4-6-14(15,7-11)10-16-8-12(17-2)13(9-16)18-3/h11-13H,4-10,15H2,1-3H3. The molecule has 0 aromatic heterocycles. The van der Waals surface area contributed by atoms with Gasteiger partial charge in [-0.25, -0.2) is 0 Å². The van der Waals surface area contributed by atoms with Gasteiger partial charge in [0.05, 0.1) is 12.2 Å².